The molecule has 2 saturated heterocycles. The molecule has 9 atom stereocenters. The number of carbonyl (C=O) groups is 3. The second-order valence-corrected chi connectivity index (χ2v) is 9.34. The van der Waals surface area contributed by atoms with Crippen molar-refractivity contribution in [3.63, 3.8) is 0 Å². The maximum atomic E-state index is 13.0. The van der Waals surface area contributed by atoms with Crippen molar-refractivity contribution in [2.45, 2.75) is 82.8 Å². The lowest BCUT2D eigenvalue weighted by atomic mass is 9.71. The zero-order valence-corrected chi connectivity index (χ0v) is 17.8. The van der Waals surface area contributed by atoms with Crippen LogP contribution in [0.1, 0.15) is 46.0 Å². The van der Waals surface area contributed by atoms with Crippen LogP contribution in [-0.4, -0.2) is 81.4 Å². The summed E-state index contributed by atoms with van der Waals surface area (Å²) in [5, 5.41) is 42.2. The number of rotatable bonds is 6. The van der Waals surface area contributed by atoms with Crippen LogP contribution in [0.3, 0.4) is 0 Å². The zero-order valence-electron chi connectivity index (χ0n) is 17.8. The molecule has 0 aromatic rings. The lowest BCUT2D eigenvalue weighted by Gasteiger charge is -2.43. The minimum absolute atomic E-state index is 0.0132. The number of hydrogen-bond donors (Lipinski definition) is 5. The number of carbonyl (C=O) groups excluding carboxylic acids is 3. The van der Waals surface area contributed by atoms with Gasteiger partial charge in [0.15, 0.2) is 6.29 Å². The van der Waals surface area contributed by atoms with Gasteiger partial charge in [0.1, 0.15) is 30.2 Å². The Morgan fingerprint density at radius 2 is 1.68 bits per heavy atom. The summed E-state index contributed by atoms with van der Waals surface area (Å²) in [5.74, 6) is -1.53. The summed E-state index contributed by atoms with van der Waals surface area (Å²) < 4.78 is 11.5. The van der Waals surface area contributed by atoms with E-state index in [-0.39, 0.29) is 54.6 Å². The van der Waals surface area contributed by atoms with Crippen LogP contribution in [0.5, 0.6) is 0 Å². The quantitative estimate of drug-likeness (QED) is 0.320. The number of aliphatic hydroxyl groups is 4. The molecule has 5 unspecified atom stereocenters. The number of amides is 2. The summed E-state index contributed by atoms with van der Waals surface area (Å²) in [6.07, 6.45) is -6.21. The van der Waals surface area contributed by atoms with E-state index in [1.807, 2.05) is 13.8 Å². The molecule has 176 valence electrons. The largest absolute Gasteiger partial charge is 0.394 e. The lowest BCUT2D eigenvalue weighted by Crippen LogP contribution is -2.60. The lowest BCUT2D eigenvalue weighted by molar-refractivity contribution is -0.315. The van der Waals surface area contributed by atoms with Crippen LogP contribution < -0.4 is 5.32 Å². The molecule has 2 amide bonds. The number of aliphatic hydroxyl groups excluding tert-OH is 4. The van der Waals surface area contributed by atoms with Crippen molar-refractivity contribution in [3.8, 4) is 0 Å². The number of imide groups is 1. The molecule has 0 radical (unpaired) electrons. The van der Waals surface area contributed by atoms with Crippen LogP contribution >= 0.6 is 0 Å². The fraction of sp³-hybridized carbons (Fsp3) is 0.857. The molecule has 0 bridgehead atoms. The van der Waals surface area contributed by atoms with Crippen LogP contribution in [0.25, 0.3) is 0 Å². The molecule has 10 nitrogen and oxygen atoms in total. The predicted octanol–water partition coefficient (Wildman–Crippen LogP) is -1.13. The predicted molar refractivity (Wildman–Crippen MR) is 105 cm³/mol. The highest BCUT2D eigenvalue weighted by Gasteiger charge is 2.47. The molecule has 1 saturated carbocycles. The Kier molecular flexibility index (Phi) is 7.82. The fourth-order valence-corrected chi connectivity index (χ4v) is 5.08. The first-order chi connectivity index (χ1) is 14.6. The highest BCUT2D eigenvalue weighted by atomic mass is 16.7. The van der Waals surface area contributed by atoms with Crippen molar-refractivity contribution < 1.29 is 44.3 Å². The molecule has 5 N–H and O–H groups in total. The van der Waals surface area contributed by atoms with Gasteiger partial charge >= 0.3 is 0 Å². The van der Waals surface area contributed by atoms with Crippen LogP contribution in [-0.2, 0) is 23.9 Å². The van der Waals surface area contributed by atoms with E-state index >= 15 is 0 Å². The van der Waals surface area contributed by atoms with E-state index in [1.54, 1.807) is 0 Å². The Bertz CT molecular complexity index is 668. The Morgan fingerprint density at radius 3 is 2.29 bits per heavy atom. The summed E-state index contributed by atoms with van der Waals surface area (Å²) in [4.78, 5) is 36.6. The van der Waals surface area contributed by atoms with Crippen molar-refractivity contribution in [1.82, 2.24) is 5.32 Å². The zero-order chi connectivity index (χ0) is 22.9. The molecule has 2 aliphatic heterocycles. The van der Waals surface area contributed by atoms with Gasteiger partial charge < -0.3 is 29.9 Å². The van der Waals surface area contributed by atoms with Crippen molar-refractivity contribution in [1.29, 1.82) is 0 Å². The third kappa shape index (κ3) is 5.50. The number of piperidine rings is 1. The van der Waals surface area contributed by atoms with E-state index in [0.717, 1.165) is 6.42 Å². The number of Topliss-reactive ketones (excluding diaryl/α,β-unsaturated/α-hetero) is 1. The van der Waals surface area contributed by atoms with Gasteiger partial charge in [-0.25, -0.2) is 0 Å². The summed E-state index contributed by atoms with van der Waals surface area (Å²) in [5.41, 5.74) is 0. The molecule has 1 aliphatic carbocycles. The standard InChI is InChI=1S/C21H33NO9/c1-9-3-10(2)17(26)12(4-9)13(5-11-6-15(24)22-16(25)7-11)30-21-20(29)19(28)18(27)14(8-23)31-21/h9-14,18-21,23,27-29H,3-8H2,1-2H3,(H,22,24,25)/t9?,10?,12?,13?,14-,18+,19+,20-,21?/m1/s1. The summed E-state index contributed by atoms with van der Waals surface area (Å²) in [6, 6.07) is 0. The van der Waals surface area contributed by atoms with Gasteiger partial charge in [0, 0.05) is 24.7 Å². The SMILES string of the molecule is CC1CC(C)C(=O)C(C(CC2CC(=O)NC(=O)C2)OC2O[C@H](CO)[C@H](O)[C@H](O)[C@H]2O)C1. The second-order valence-electron chi connectivity index (χ2n) is 9.34. The highest BCUT2D eigenvalue weighted by Crippen LogP contribution is 2.37. The molecule has 3 aliphatic rings. The summed E-state index contributed by atoms with van der Waals surface area (Å²) in [7, 11) is 0. The minimum Gasteiger partial charge on any atom is -0.394 e. The van der Waals surface area contributed by atoms with E-state index in [2.05, 4.69) is 5.32 Å². The monoisotopic (exact) mass is 443 g/mol. The Balaban J connectivity index is 1.82. The molecule has 3 fully saturated rings. The molecule has 2 heterocycles. The number of nitrogens with one attached hydrogen (secondary N) is 1. The number of ether oxygens (including phenoxy) is 2. The maximum absolute atomic E-state index is 13.0. The Labute approximate surface area is 180 Å². The summed E-state index contributed by atoms with van der Waals surface area (Å²) >= 11 is 0. The normalized spacial score (nSPS) is 41.2. The minimum atomic E-state index is -1.60. The third-order valence-corrected chi connectivity index (χ3v) is 6.66. The Hall–Kier alpha value is -1.43. The van der Waals surface area contributed by atoms with Gasteiger partial charge in [-0.1, -0.05) is 13.8 Å². The van der Waals surface area contributed by atoms with Crippen molar-refractivity contribution in [3.05, 3.63) is 0 Å². The third-order valence-electron chi connectivity index (χ3n) is 6.66. The van der Waals surface area contributed by atoms with Gasteiger partial charge in [0.25, 0.3) is 0 Å². The van der Waals surface area contributed by atoms with Crippen molar-refractivity contribution in [2.75, 3.05) is 6.61 Å². The van der Waals surface area contributed by atoms with Crippen LogP contribution in [0, 0.1) is 23.7 Å². The first-order valence-corrected chi connectivity index (χ1v) is 10.9. The van der Waals surface area contributed by atoms with Crippen LogP contribution in [0.4, 0.5) is 0 Å². The van der Waals surface area contributed by atoms with E-state index < -0.39 is 49.3 Å². The van der Waals surface area contributed by atoms with E-state index in [0.29, 0.717) is 6.42 Å². The van der Waals surface area contributed by atoms with Crippen molar-refractivity contribution in [2.24, 2.45) is 23.7 Å². The first kappa shape index (κ1) is 24.2. The van der Waals surface area contributed by atoms with Gasteiger partial charge in [-0.2, -0.15) is 0 Å². The molecule has 10 heteroatoms. The number of hydrogen-bond acceptors (Lipinski definition) is 9. The highest BCUT2D eigenvalue weighted by molar-refractivity contribution is 5.97. The molecule has 0 aromatic carbocycles. The van der Waals surface area contributed by atoms with Crippen molar-refractivity contribution >= 4 is 17.6 Å². The van der Waals surface area contributed by atoms with Gasteiger partial charge in [-0.3, -0.25) is 19.7 Å². The average molecular weight is 443 g/mol. The fourth-order valence-electron chi connectivity index (χ4n) is 5.08. The number of ketones is 1. The average Bonchev–Trinajstić information content (AvgIpc) is 2.69. The molecular weight excluding hydrogens is 410 g/mol. The molecule has 0 spiro atoms. The second kappa shape index (κ2) is 10.0. The molecule has 3 rings (SSSR count). The molecule has 31 heavy (non-hydrogen) atoms. The maximum Gasteiger partial charge on any atom is 0.226 e. The smallest absolute Gasteiger partial charge is 0.226 e. The topological polar surface area (TPSA) is 163 Å². The van der Waals surface area contributed by atoms with E-state index in [9.17, 15) is 34.8 Å². The van der Waals surface area contributed by atoms with Crippen LogP contribution in [0.15, 0.2) is 0 Å². The van der Waals surface area contributed by atoms with Gasteiger partial charge in [0.2, 0.25) is 11.8 Å². The van der Waals surface area contributed by atoms with E-state index in [1.165, 1.54) is 0 Å². The van der Waals surface area contributed by atoms with Gasteiger partial charge in [-0.05, 0) is 31.1 Å². The molecule has 0 aromatic heterocycles. The van der Waals surface area contributed by atoms with Gasteiger partial charge in [-0.15, -0.1) is 0 Å². The Morgan fingerprint density at radius 1 is 1.03 bits per heavy atom. The van der Waals surface area contributed by atoms with Crippen LogP contribution in [0.2, 0.25) is 0 Å². The van der Waals surface area contributed by atoms with E-state index in [4.69, 9.17) is 9.47 Å². The first-order valence-electron chi connectivity index (χ1n) is 10.9. The van der Waals surface area contributed by atoms with Gasteiger partial charge in [0.05, 0.1) is 12.7 Å². The summed E-state index contributed by atoms with van der Waals surface area (Å²) in [6.45, 7) is 3.30. The molecular formula is C21H33NO9.